The molecule has 2 heterocycles. The summed E-state index contributed by atoms with van der Waals surface area (Å²) in [5, 5.41) is 7.22. The number of hydrogen-bond acceptors (Lipinski definition) is 6. The van der Waals surface area contributed by atoms with Crippen LogP contribution in [0.5, 0.6) is 0 Å². The van der Waals surface area contributed by atoms with E-state index < -0.39 is 0 Å². The van der Waals surface area contributed by atoms with Gasteiger partial charge in [0.1, 0.15) is 0 Å². The highest BCUT2D eigenvalue weighted by Crippen LogP contribution is 2.28. The number of rotatable bonds is 5. The molecular formula is C16H15N3OS3. The van der Waals surface area contributed by atoms with Gasteiger partial charge in [-0.25, -0.2) is 9.97 Å². The summed E-state index contributed by atoms with van der Waals surface area (Å²) in [4.78, 5) is 21.1. The van der Waals surface area contributed by atoms with Crippen molar-refractivity contribution in [3.05, 3.63) is 46.8 Å². The molecule has 0 fully saturated rings. The Morgan fingerprint density at radius 3 is 2.65 bits per heavy atom. The highest BCUT2D eigenvalue weighted by molar-refractivity contribution is 8.02. The van der Waals surface area contributed by atoms with Gasteiger partial charge in [-0.05, 0) is 13.8 Å². The first-order chi connectivity index (χ1) is 11.1. The Balaban J connectivity index is 1.63. The highest BCUT2D eigenvalue weighted by atomic mass is 32.2. The Labute approximate surface area is 147 Å². The molecule has 3 aromatic rings. The molecule has 3 rings (SSSR count). The molecule has 1 unspecified atom stereocenters. The smallest absolute Gasteiger partial charge is 0.239 e. The average Bonchev–Trinajstić information content (AvgIpc) is 3.17. The number of carbonyl (C=O) groups is 1. The van der Waals surface area contributed by atoms with Gasteiger partial charge in [-0.3, -0.25) is 4.79 Å². The Kier molecular flexibility index (Phi) is 5.09. The van der Waals surface area contributed by atoms with Gasteiger partial charge in [0, 0.05) is 22.0 Å². The number of amides is 1. The van der Waals surface area contributed by atoms with E-state index in [9.17, 15) is 4.79 Å². The first kappa shape index (κ1) is 16.2. The molecular weight excluding hydrogens is 346 g/mol. The predicted octanol–water partition coefficient (Wildman–Crippen LogP) is 4.69. The van der Waals surface area contributed by atoms with E-state index in [1.165, 1.54) is 23.1 Å². The van der Waals surface area contributed by atoms with Crippen LogP contribution >= 0.6 is 34.4 Å². The largest absolute Gasteiger partial charge is 0.301 e. The zero-order valence-electron chi connectivity index (χ0n) is 12.6. The van der Waals surface area contributed by atoms with Crippen molar-refractivity contribution >= 4 is 45.5 Å². The maximum Gasteiger partial charge on any atom is 0.239 e. The van der Waals surface area contributed by atoms with Gasteiger partial charge >= 0.3 is 0 Å². The van der Waals surface area contributed by atoms with E-state index in [4.69, 9.17) is 0 Å². The SMILES string of the molecule is Cc1csc(SC(C)C(=O)Nc2nc(-c3ccccc3)cs2)n1. The molecule has 0 aliphatic carbocycles. The van der Waals surface area contributed by atoms with Crippen molar-refractivity contribution in [1.29, 1.82) is 0 Å². The summed E-state index contributed by atoms with van der Waals surface area (Å²) in [5.41, 5.74) is 2.91. The molecule has 1 N–H and O–H groups in total. The van der Waals surface area contributed by atoms with Crippen LogP contribution in [0.2, 0.25) is 0 Å². The monoisotopic (exact) mass is 361 g/mol. The highest BCUT2D eigenvalue weighted by Gasteiger charge is 2.17. The number of nitrogens with zero attached hydrogens (tertiary/aromatic N) is 2. The zero-order chi connectivity index (χ0) is 16.2. The van der Waals surface area contributed by atoms with Crippen molar-refractivity contribution in [2.45, 2.75) is 23.4 Å². The molecule has 0 saturated heterocycles. The molecule has 0 aliphatic heterocycles. The number of thioether (sulfide) groups is 1. The summed E-state index contributed by atoms with van der Waals surface area (Å²) < 4.78 is 0.911. The lowest BCUT2D eigenvalue weighted by Gasteiger charge is -2.08. The van der Waals surface area contributed by atoms with Crippen LogP contribution in [-0.2, 0) is 4.79 Å². The number of nitrogens with one attached hydrogen (secondary N) is 1. The average molecular weight is 362 g/mol. The third kappa shape index (κ3) is 4.19. The van der Waals surface area contributed by atoms with Crippen LogP contribution in [0.4, 0.5) is 5.13 Å². The Hall–Kier alpha value is -1.70. The molecule has 0 aliphatic rings. The third-order valence-corrected chi connectivity index (χ3v) is 6.00. The quantitative estimate of drug-likeness (QED) is 0.670. The Morgan fingerprint density at radius 2 is 1.96 bits per heavy atom. The molecule has 0 bridgehead atoms. The Bertz CT molecular complexity index is 798. The van der Waals surface area contributed by atoms with Gasteiger partial charge in [-0.15, -0.1) is 22.7 Å². The molecule has 0 radical (unpaired) electrons. The lowest BCUT2D eigenvalue weighted by molar-refractivity contribution is -0.115. The van der Waals surface area contributed by atoms with E-state index in [-0.39, 0.29) is 11.2 Å². The molecule has 23 heavy (non-hydrogen) atoms. The molecule has 1 aromatic carbocycles. The fourth-order valence-electron chi connectivity index (χ4n) is 1.87. The molecule has 1 amide bonds. The summed E-state index contributed by atoms with van der Waals surface area (Å²) in [6.07, 6.45) is 0. The van der Waals surface area contributed by atoms with Crippen molar-refractivity contribution in [3.8, 4) is 11.3 Å². The number of aryl methyl sites for hydroxylation is 1. The molecule has 0 spiro atoms. The minimum absolute atomic E-state index is 0.0585. The number of hydrogen-bond donors (Lipinski definition) is 1. The summed E-state index contributed by atoms with van der Waals surface area (Å²) in [5.74, 6) is -0.0585. The minimum atomic E-state index is -0.218. The molecule has 7 heteroatoms. The number of aromatic nitrogens is 2. The first-order valence-electron chi connectivity index (χ1n) is 7.02. The zero-order valence-corrected chi connectivity index (χ0v) is 15.1. The van der Waals surface area contributed by atoms with Gasteiger partial charge in [0.05, 0.1) is 10.9 Å². The predicted molar refractivity (Wildman–Crippen MR) is 98.3 cm³/mol. The number of benzene rings is 1. The molecule has 1 atom stereocenters. The number of carbonyl (C=O) groups excluding carboxylic acids is 1. The van der Waals surface area contributed by atoms with Crippen LogP contribution in [0.15, 0.2) is 45.4 Å². The summed E-state index contributed by atoms with van der Waals surface area (Å²) in [6.45, 7) is 3.83. The summed E-state index contributed by atoms with van der Waals surface area (Å²) >= 11 is 4.46. The summed E-state index contributed by atoms with van der Waals surface area (Å²) in [6, 6.07) is 9.93. The van der Waals surface area contributed by atoms with E-state index >= 15 is 0 Å². The summed E-state index contributed by atoms with van der Waals surface area (Å²) in [7, 11) is 0. The fraction of sp³-hybridized carbons (Fsp3) is 0.188. The molecule has 2 aromatic heterocycles. The topological polar surface area (TPSA) is 54.9 Å². The van der Waals surface area contributed by atoms with E-state index in [1.54, 1.807) is 11.3 Å². The van der Waals surface area contributed by atoms with Crippen molar-refractivity contribution in [2.24, 2.45) is 0 Å². The second-order valence-electron chi connectivity index (χ2n) is 4.91. The standard InChI is InChI=1S/C16H15N3OS3/c1-10-8-22-16(17-10)23-11(2)14(20)19-15-18-13(9-21-15)12-6-4-3-5-7-12/h3-9,11H,1-2H3,(H,18,19,20). The van der Waals surface area contributed by atoms with Gasteiger partial charge in [0.25, 0.3) is 0 Å². The normalized spacial score (nSPS) is 12.1. The second-order valence-corrected chi connectivity index (χ2v) is 8.21. The van der Waals surface area contributed by atoms with E-state index in [1.807, 2.05) is 54.9 Å². The second kappa shape index (κ2) is 7.25. The number of anilines is 1. The van der Waals surface area contributed by atoms with Gasteiger partial charge in [0.2, 0.25) is 5.91 Å². The lowest BCUT2D eigenvalue weighted by atomic mass is 10.2. The van der Waals surface area contributed by atoms with Gasteiger partial charge < -0.3 is 5.32 Å². The first-order valence-corrected chi connectivity index (χ1v) is 9.66. The third-order valence-electron chi connectivity index (χ3n) is 3.05. The van der Waals surface area contributed by atoms with Crippen molar-refractivity contribution in [1.82, 2.24) is 9.97 Å². The van der Waals surface area contributed by atoms with Crippen LogP contribution < -0.4 is 5.32 Å². The maximum atomic E-state index is 12.3. The molecule has 4 nitrogen and oxygen atoms in total. The maximum absolute atomic E-state index is 12.3. The van der Waals surface area contributed by atoms with Gasteiger partial charge in [-0.1, -0.05) is 42.1 Å². The molecule has 0 saturated carbocycles. The van der Waals surface area contributed by atoms with Crippen LogP contribution in [-0.4, -0.2) is 21.1 Å². The van der Waals surface area contributed by atoms with Crippen LogP contribution in [0.3, 0.4) is 0 Å². The van der Waals surface area contributed by atoms with E-state index in [2.05, 4.69) is 15.3 Å². The van der Waals surface area contributed by atoms with E-state index in [0.717, 1.165) is 21.3 Å². The van der Waals surface area contributed by atoms with Gasteiger partial charge in [0.15, 0.2) is 9.47 Å². The van der Waals surface area contributed by atoms with Crippen molar-refractivity contribution in [3.63, 3.8) is 0 Å². The Morgan fingerprint density at radius 1 is 1.17 bits per heavy atom. The van der Waals surface area contributed by atoms with Crippen LogP contribution in [0.25, 0.3) is 11.3 Å². The lowest BCUT2D eigenvalue weighted by Crippen LogP contribution is -2.22. The van der Waals surface area contributed by atoms with Crippen LogP contribution in [0, 0.1) is 6.92 Å². The van der Waals surface area contributed by atoms with E-state index in [0.29, 0.717) is 5.13 Å². The fourth-order valence-corrected chi connectivity index (χ4v) is 4.58. The number of thiazole rings is 2. The minimum Gasteiger partial charge on any atom is -0.301 e. The van der Waals surface area contributed by atoms with Crippen LogP contribution in [0.1, 0.15) is 12.6 Å². The van der Waals surface area contributed by atoms with Crippen molar-refractivity contribution < 1.29 is 4.79 Å². The molecule has 118 valence electrons. The van der Waals surface area contributed by atoms with Crippen molar-refractivity contribution in [2.75, 3.05) is 5.32 Å². The van der Waals surface area contributed by atoms with Gasteiger partial charge in [-0.2, -0.15) is 0 Å².